The molecule has 1 N–H and O–H groups in total. The van der Waals surface area contributed by atoms with Gasteiger partial charge in [-0.15, -0.1) is 0 Å². The van der Waals surface area contributed by atoms with Crippen molar-refractivity contribution in [2.24, 2.45) is 4.99 Å². The minimum absolute atomic E-state index is 0.720. The Morgan fingerprint density at radius 3 is 2.27 bits per heavy atom. The molecule has 0 amide bonds. The summed E-state index contributed by atoms with van der Waals surface area (Å²) in [6.45, 7) is 4.15. The molecule has 0 saturated carbocycles. The van der Waals surface area contributed by atoms with Gasteiger partial charge in [0.05, 0.1) is 17.4 Å². The van der Waals surface area contributed by atoms with E-state index in [1.54, 1.807) is 0 Å². The fourth-order valence-electron chi connectivity index (χ4n) is 2.77. The van der Waals surface area contributed by atoms with E-state index in [-0.39, 0.29) is 0 Å². The van der Waals surface area contributed by atoms with Crippen molar-refractivity contribution in [3.63, 3.8) is 0 Å². The van der Waals surface area contributed by atoms with E-state index in [1.807, 2.05) is 59.3 Å². The van der Waals surface area contributed by atoms with Crippen molar-refractivity contribution in [1.29, 1.82) is 0 Å². The lowest BCUT2D eigenvalue weighted by atomic mass is 10.2. The van der Waals surface area contributed by atoms with Gasteiger partial charge in [-0.2, -0.15) is 0 Å². The summed E-state index contributed by atoms with van der Waals surface area (Å²) in [6, 6.07) is 22.4. The van der Waals surface area contributed by atoms with Gasteiger partial charge in [0.15, 0.2) is 11.3 Å². The summed E-state index contributed by atoms with van der Waals surface area (Å²) in [4.78, 5) is 9.47. The number of aromatic nitrogens is 2. The summed E-state index contributed by atoms with van der Waals surface area (Å²) in [5, 5.41) is 3.40. The van der Waals surface area contributed by atoms with E-state index < -0.39 is 0 Å². The van der Waals surface area contributed by atoms with Crippen LogP contribution in [0.15, 0.2) is 84.1 Å². The van der Waals surface area contributed by atoms with Crippen LogP contribution < -0.4 is 10.8 Å². The fraction of sp³-hybridized carbons (Fsp3) is 0.0909. The number of rotatable bonds is 3. The van der Waals surface area contributed by atoms with Gasteiger partial charge in [0.2, 0.25) is 0 Å². The van der Waals surface area contributed by atoms with Gasteiger partial charge in [0.1, 0.15) is 0 Å². The van der Waals surface area contributed by atoms with Crippen LogP contribution in [0.4, 0.5) is 17.2 Å². The van der Waals surface area contributed by atoms with Crippen LogP contribution in [-0.2, 0) is 0 Å². The zero-order valence-corrected chi connectivity index (χ0v) is 14.8. The number of anilines is 2. The highest BCUT2D eigenvalue weighted by molar-refractivity contribution is 5.58. The molecular weight excluding hydrogens is 320 g/mol. The molecule has 4 rings (SSSR count). The molecule has 2 heterocycles. The molecule has 4 nitrogen and oxygen atoms in total. The zero-order chi connectivity index (χ0) is 17.9. The summed E-state index contributed by atoms with van der Waals surface area (Å²) >= 11 is 0. The van der Waals surface area contributed by atoms with Gasteiger partial charge in [-0.1, -0.05) is 41.5 Å². The van der Waals surface area contributed by atoms with Crippen LogP contribution in [0.2, 0.25) is 0 Å². The first-order chi connectivity index (χ1) is 12.7. The lowest BCUT2D eigenvalue weighted by molar-refractivity contribution is 1.01. The molecule has 128 valence electrons. The van der Waals surface area contributed by atoms with Crippen LogP contribution in [0.3, 0.4) is 0 Å². The maximum Gasteiger partial charge on any atom is 0.181 e. The number of aryl methyl sites for hydroxylation is 2. The molecule has 0 spiro atoms. The third kappa shape index (κ3) is 3.35. The molecule has 0 radical (unpaired) electrons. The first-order valence-corrected chi connectivity index (χ1v) is 8.60. The molecule has 4 aromatic rings. The third-order valence-electron chi connectivity index (χ3n) is 4.24. The second kappa shape index (κ2) is 6.84. The van der Waals surface area contributed by atoms with Gasteiger partial charge in [-0.3, -0.25) is 4.40 Å². The molecular formula is C22H20N4. The van der Waals surface area contributed by atoms with Crippen molar-refractivity contribution in [3.8, 4) is 0 Å². The van der Waals surface area contributed by atoms with Gasteiger partial charge >= 0.3 is 0 Å². The van der Waals surface area contributed by atoms with Gasteiger partial charge in [0, 0.05) is 11.9 Å². The van der Waals surface area contributed by atoms with Crippen molar-refractivity contribution in [3.05, 3.63) is 95.7 Å². The quantitative estimate of drug-likeness (QED) is 0.575. The molecule has 0 aliphatic heterocycles. The maximum atomic E-state index is 4.86. The Balaban J connectivity index is 1.89. The van der Waals surface area contributed by atoms with Gasteiger partial charge < -0.3 is 5.32 Å². The normalized spacial score (nSPS) is 11.7. The SMILES string of the molecule is Cc1ccc(N=c2c(Nc3ccc(C)cc3)ncc3ccccn23)cc1. The Bertz CT molecular complexity index is 1110. The summed E-state index contributed by atoms with van der Waals surface area (Å²) in [5.41, 5.74) is 6.08. The van der Waals surface area contributed by atoms with Crippen LogP contribution in [-0.4, -0.2) is 9.38 Å². The van der Waals surface area contributed by atoms with E-state index in [1.165, 1.54) is 11.1 Å². The summed E-state index contributed by atoms with van der Waals surface area (Å²) in [6.07, 6.45) is 3.86. The number of hydrogen-bond donors (Lipinski definition) is 1. The number of nitrogens with one attached hydrogen (secondary N) is 1. The number of benzene rings is 2. The molecule has 0 bridgehead atoms. The number of hydrogen-bond acceptors (Lipinski definition) is 3. The molecule has 26 heavy (non-hydrogen) atoms. The zero-order valence-electron chi connectivity index (χ0n) is 14.8. The molecule has 0 aliphatic rings. The van der Waals surface area contributed by atoms with Crippen molar-refractivity contribution in [2.75, 3.05) is 5.32 Å². The third-order valence-corrected chi connectivity index (χ3v) is 4.24. The smallest absolute Gasteiger partial charge is 0.181 e. The molecule has 4 heteroatoms. The highest BCUT2D eigenvalue weighted by Gasteiger charge is 2.05. The van der Waals surface area contributed by atoms with E-state index in [9.17, 15) is 0 Å². The summed E-state index contributed by atoms with van der Waals surface area (Å²) in [5.74, 6) is 0.720. The van der Waals surface area contributed by atoms with E-state index in [0.29, 0.717) is 0 Å². The van der Waals surface area contributed by atoms with E-state index in [0.717, 1.165) is 28.2 Å². The maximum absolute atomic E-state index is 4.86. The van der Waals surface area contributed by atoms with Crippen molar-refractivity contribution in [2.45, 2.75) is 13.8 Å². The number of fused-ring (bicyclic) bond motifs is 1. The average Bonchev–Trinajstić information content (AvgIpc) is 2.67. The first kappa shape index (κ1) is 16.1. The van der Waals surface area contributed by atoms with E-state index in [2.05, 4.69) is 48.4 Å². The van der Waals surface area contributed by atoms with Crippen molar-refractivity contribution in [1.82, 2.24) is 9.38 Å². The van der Waals surface area contributed by atoms with Crippen molar-refractivity contribution >= 4 is 22.7 Å². The predicted molar refractivity (Wildman–Crippen MR) is 106 cm³/mol. The highest BCUT2D eigenvalue weighted by atomic mass is 15.1. The number of nitrogens with zero attached hydrogens (tertiary/aromatic N) is 3. The van der Waals surface area contributed by atoms with Crippen LogP contribution in [0.1, 0.15) is 11.1 Å². The number of pyridine rings is 1. The van der Waals surface area contributed by atoms with Crippen LogP contribution in [0, 0.1) is 13.8 Å². The lowest BCUT2D eigenvalue weighted by Crippen LogP contribution is -2.20. The monoisotopic (exact) mass is 340 g/mol. The molecule has 0 aliphatic carbocycles. The Hall–Kier alpha value is -3.40. The average molecular weight is 340 g/mol. The van der Waals surface area contributed by atoms with Gasteiger partial charge in [0.25, 0.3) is 0 Å². The Morgan fingerprint density at radius 1 is 0.846 bits per heavy atom. The fourth-order valence-corrected chi connectivity index (χ4v) is 2.77. The van der Waals surface area contributed by atoms with Gasteiger partial charge in [-0.25, -0.2) is 9.98 Å². The van der Waals surface area contributed by atoms with Crippen LogP contribution in [0.5, 0.6) is 0 Å². The molecule has 0 atom stereocenters. The van der Waals surface area contributed by atoms with E-state index >= 15 is 0 Å². The highest BCUT2D eigenvalue weighted by Crippen LogP contribution is 2.16. The van der Waals surface area contributed by atoms with Crippen LogP contribution >= 0.6 is 0 Å². The molecule has 0 unspecified atom stereocenters. The predicted octanol–water partition coefficient (Wildman–Crippen LogP) is 4.93. The second-order valence-electron chi connectivity index (χ2n) is 6.36. The largest absolute Gasteiger partial charge is 0.337 e. The molecule has 0 saturated heterocycles. The summed E-state index contributed by atoms with van der Waals surface area (Å²) in [7, 11) is 0. The minimum Gasteiger partial charge on any atom is -0.337 e. The second-order valence-corrected chi connectivity index (χ2v) is 6.36. The van der Waals surface area contributed by atoms with Crippen molar-refractivity contribution < 1.29 is 0 Å². The Morgan fingerprint density at radius 2 is 1.54 bits per heavy atom. The topological polar surface area (TPSA) is 41.7 Å². The molecule has 0 fully saturated rings. The first-order valence-electron chi connectivity index (χ1n) is 8.60. The van der Waals surface area contributed by atoms with E-state index in [4.69, 9.17) is 4.99 Å². The van der Waals surface area contributed by atoms with Gasteiger partial charge in [-0.05, 0) is 50.2 Å². The Labute approximate surface area is 152 Å². The summed E-state index contributed by atoms with van der Waals surface area (Å²) < 4.78 is 2.05. The molecule has 2 aromatic carbocycles. The molecule has 2 aromatic heterocycles. The Kier molecular flexibility index (Phi) is 4.23. The van der Waals surface area contributed by atoms with Crippen LogP contribution in [0.25, 0.3) is 5.52 Å². The minimum atomic E-state index is 0.720. The standard InChI is InChI=1S/C22H20N4/c1-16-6-10-18(11-7-16)24-21-22(25-19-12-8-17(2)9-13-19)26-14-4-3-5-20(26)15-23-21/h3-15H,1-2H3,(H,23,24). The lowest BCUT2D eigenvalue weighted by Gasteiger charge is -2.10.